The number of hydrogen-bond donors (Lipinski definition) is 2. The van der Waals surface area contributed by atoms with E-state index in [-0.39, 0.29) is 11.3 Å². The van der Waals surface area contributed by atoms with E-state index in [4.69, 9.17) is 4.74 Å². The summed E-state index contributed by atoms with van der Waals surface area (Å²) in [5, 5.41) is 2.80. The zero-order valence-corrected chi connectivity index (χ0v) is 17.3. The lowest BCUT2D eigenvalue weighted by molar-refractivity contribution is -0.123. The summed E-state index contributed by atoms with van der Waals surface area (Å²) in [4.78, 5) is 24.8. The molecule has 2 aromatic rings. The van der Waals surface area contributed by atoms with Crippen molar-refractivity contribution in [3.8, 4) is 0 Å². The van der Waals surface area contributed by atoms with Gasteiger partial charge in [-0.05, 0) is 57.0 Å². The molecule has 1 atom stereocenters. The molecule has 0 saturated heterocycles. The first kappa shape index (κ1) is 21.4. The molecule has 1 amide bonds. The van der Waals surface area contributed by atoms with Gasteiger partial charge in [0.2, 0.25) is 10.0 Å². The van der Waals surface area contributed by atoms with E-state index in [1.807, 2.05) is 32.9 Å². The second kappa shape index (κ2) is 8.43. The Kier molecular flexibility index (Phi) is 6.45. The Morgan fingerprint density at radius 3 is 2.21 bits per heavy atom. The van der Waals surface area contributed by atoms with Crippen LogP contribution in [0, 0.1) is 20.8 Å². The summed E-state index contributed by atoms with van der Waals surface area (Å²) >= 11 is 0. The first-order valence-corrected chi connectivity index (χ1v) is 10.5. The van der Waals surface area contributed by atoms with Gasteiger partial charge >= 0.3 is 5.97 Å². The molecule has 0 aromatic heterocycles. The Bertz CT molecular complexity index is 992. The first-order chi connectivity index (χ1) is 13.0. The average Bonchev–Trinajstić information content (AvgIpc) is 2.56. The van der Waals surface area contributed by atoms with Crippen LogP contribution in [0.25, 0.3) is 0 Å². The minimum atomic E-state index is -3.47. The predicted molar refractivity (Wildman–Crippen MR) is 109 cm³/mol. The van der Waals surface area contributed by atoms with Gasteiger partial charge in [0, 0.05) is 11.4 Å². The second-order valence-corrected chi connectivity index (χ2v) is 8.51. The molecule has 0 spiro atoms. The largest absolute Gasteiger partial charge is 0.449 e. The minimum Gasteiger partial charge on any atom is -0.449 e. The molecule has 0 aliphatic rings. The number of ether oxygens (including phenoxy) is 1. The van der Waals surface area contributed by atoms with Gasteiger partial charge in [-0.1, -0.05) is 23.8 Å². The average molecular weight is 404 g/mol. The number of benzene rings is 2. The van der Waals surface area contributed by atoms with Gasteiger partial charge in [-0.15, -0.1) is 0 Å². The topological polar surface area (TPSA) is 102 Å². The van der Waals surface area contributed by atoms with Crippen LogP contribution in [0.15, 0.2) is 36.4 Å². The lowest BCUT2D eigenvalue weighted by Gasteiger charge is -2.17. The molecule has 2 N–H and O–H groups in total. The van der Waals surface area contributed by atoms with E-state index in [0.29, 0.717) is 5.69 Å². The maximum absolute atomic E-state index is 12.4. The molecule has 0 bridgehead atoms. The molecule has 0 aliphatic heterocycles. The zero-order chi connectivity index (χ0) is 21.1. The SMILES string of the molecule is Cc1cc(C)c(NC(=O)C(C)OC(=O)c2cccc(NS(C)(=O)=O)c2)c(C)c1. The predicted octanol–water partition coefficient (Wildman–Crippen LogP) is 3.17. The van der Waals surface area contributed by atoms with E-state index < -0.39 is 28.0 Å². The Balaban J connectivity index is 2.08. The van der Waals surface area contributed by atoms with Gasteiger partial charge in [-0.3, -0.25) is 9.52 Å². The number of amides is 1. The van der Waals surface area contributed by atoms with Crippen molar-refractivity contribution < 1.29 is 22.7 Å². The van der Waals surface area contributed by atoms with Gasteiger partial charge in [-0.25, -0.2) is 13.2 Å². The first-order valence-electron chi connectivity index (χ1n) is 8.64. The number of carbonyl (C=O) groups excluding carboxylic acids is 2. The van der Waals surface area contributed by atoms with Crippen molar-refractivity contribution in [2.24, 2.45) is 0 Å². The number of esters is 1. The van der Waals surface area contributed by atoms with E-state index >= 15 is 0 Å². The van der Waals surface area contributed by atoms with Crippen molar-refractivity contribution in [2.45, 2.75) is 33.8 Å². The van der Waals surface area contributed by atoms with Gasteiger partial charge in [0.05, 0.1) is 11.8 Å². The standard InChI is InChI=1S/C20H24N2O5S/c1-12-9-13(2)18(14(3)10-12)21-19(23)15(4)27-20(24)16-7-6-8-17(11-16)22-28(5,25)26/h6-11,15,22H,1-5H3,(H,21,23). The summed E-state index contributed by atoms with van der Waals surface area (Å²) in [6, 6.07) is 9.78. The maximum atomic E-state index is 12.4. The van der Waals surface area contributed by atoms with Crippen LogP contribution in [-0.4, -0.2) is 32.7 Å². The van der Waals surface area contributed by atoms with Crippen molar-refractivity contribution >= 4 is 33.3 Å². The van der Waals surface area contributed by atoms with Crippen molar-refractivity contribution in [3.05, 3.63) is 58.7 Å². The number of nitrogens with one attached hydrogen (secondary N) is 2. The smallest absolute Gasteiger partial charge is 0.338 e. The number of sulfonamides is 1. The van der Waals surface area contributed by atoms with E-state index in [2.05, 4.69) is 10.0 Å². The van der Waals surface area contributed by atoms with Gasteiger partial charge in [0.15, 0.2) is 6.10 Å². The number of carbonyl (C=O) groups is 2. The Morgan fingerprint density at radius 2 is 1.64 bits per heavy atom. The van der Waals surface area contributed by atoms with Crippen LogP contribution in [0.3, 0.4) is 0 Å². The molecule has 1 unspecified atom stereocenters. The van der Waals surface area contributed by atoms with Crippen LogP contribution in [-0.2, 0) is 19.6 Å². The lowest BCUT2D eigenvalue weighted by atomic mass is 10.0. The summed E-state index contributed by atoms with van der Waals surface area (Å²) in [5.74, 6) is -1.18. The molecule has 0 radical (unpaired) electrons. The van der Waals surface area contributed by atoms with Crippen molar-refractivity contribution in [1.82, 2.24) is 0 Å². The molecule has 2 rings (SSSR count). The molecule has 150 valence electrons. The Hall–Kier alpha value is -2.87. The third-order valence-electron chi connectivity index (χ3n) is 3.98. The highest BCUT2D eigenvalue weighted by molar-refractivity contribution is 7.92. The van der Waals surface area contributed by atoms with Crippen LogP contribution >= 0.6 is 0 Å². The third-order valence-corrected chi connectivity index (χ3v) is 4.59. The maximum Gasteiger partial charge on any atom is 0.338 e. The highest BCUT2D eigenvalue weighted by atomic mass is 32.2. The molecule has 0 aliphatic carbocycles. The fourth-order valence-corrected chi connectivity index (χ4v) is 3.36. The minimum absolute atomic E-state index is 0.135. The van der Waals surface area contributed by atoms with Crippen LogP contribution in [0.5, 0.6) is 0 Å². The lowest BCUT2D eigenvalue weighted by Crippen LogP contribution is -2.30. The molecule has 8 heteroatoms. The zero-order valence-electron chi connectivity index (χ0n) is 16.5. The quantitative estimate of drug-likeness (QED) is 0.720. The van der Waals surface area contributed by atoms with Crippen molar-refractivity contribution in [2.75, 3.05) is 16.3 Å². The summed E-state index contributed by atoms with van der Waals surface area (Å²) < 4.78 is 30.2. The van der Waals surface area contributed by atoms with Crippen LogP contribution in [0.2, 0.25) is 0 Å². The third kappa shape index (κ3) is 5.82. The molecular formula is C20H24N2O5S. The Morgan fingerprint density at radius 1 is 1.04 bits per heavy atom. The van der Waals surface area contributed by atoms with E-state index in [9.17, 15) is 18.0 Å². The molecule has 28 heavy (non-hydrogen) atoms. The monoisotopic (exact) mass is 404 g/mol. The molecule has 0 fully saturated rings. The normalized spacial score (nSPS) is 12.2. The fourth-order valence-electron chi connectivity index (χ4n) is 2.81. The molecular weight excluding hydrogens is 380 g/mol. The highest BCUT2D eigenvalue weighted by Gasteiger charge is 2.20. The molecule has 2 aromatic carbocycles. The number of anilines is 2. The van der Waals surface area contributed by atoms with Crippen molar-refractivity contribution in [1.29, 1.82) is 0 Å². The number of hydrogen-bond acceptors (Lipinski definition) is 5. The summed E-state index contributed by atoms with van der Waals surface area (Å²) in [7, 11) is -3.47. The van der Waals surface area contributed by atoms with Gasteiger partial charge in [0.1, 0.15) is 0 Å². The van der Waals surface area contributed by atoms with Gasteiger partial charge in [-0.2, -0.15) is 0 Å². The van der Waals surface area contributed by atoms with Crippen LogP contribution in [0.4, 0.5) is 11.4 Å². The highest BCUT2D eigenvalue weighted by Crippen LogP contribution is 2.22. The van der Waals surface area contributed by atoms with Gasteiger partial charge in [0.25, 0.3) is 5.91 Å². The molecule has 7 nitrogen and oxygen atoms in total. The summed E-state index contributed by atoms with van der Waals surface area (Å²) in [6.45, 7) is 7.24. The van der Waals surface area contributed by atoms with Gasteiger partial charge < -0.3 is 10.1 Å². The number of aryl methyl sites for hydroxylation is 3. The van der Waals surface area contributed by atoms with Crippen LogP contribution in [0.1, 0.15) is 34.0 Å². The summed E-state index contributed by atoms with van der Waals surface area (Å²) in [5.41, 5.74) is 4.00. The Labute approximate surface area is 165 Å². The summed E-state index contributed by atoms with van der Waals surface area (Å²) in [6.07, 6.45) is -0.0152. The van der Waals surface area contributed by atoms with E-state index in [1.165, 1.54) is 31.2 Å². The van der Waals surface area contributed by atoms with E-state index in [1.54, 1.807) is 0 Å². The van der Waals surface area contributed by atoms with E-state index in [0.717, 1.165) is 22.9 Å². The second-order valence-electron chi connectivity index (χ2n) is 6.77. The van der Waals surface area contributed by atoms with Crippen molar-refractivity contribution in [3.63, 3.8) is 0 Å². The molecule has 0 heterocycles. The fraction of sp³-hybridized carbons (Fsp3) is 0.300. The number of rotatable bonds is 6. The van der Waals surface area contributed by atoms with Crippen LogP contribution < -0.4 is 10.0 Å². The molecule has 0 saturated carbocycles.